The van der Waals surface area contributed by atoms with Crippen LogP contribution in [0.15, 0.2) is 24.3 Å². The predicted octanol–water partition coefficient (Wildman–Crippen LogP) is 7.07. The molecule has 14 atom stereocenters. The summed E-state index contributed by atoms with van der Waals surface area (Å²) in [6.07, 6.45) is 11.4. The molecule has 0 amide bonds. The van der Waals surface area contributed by atoms with Gasteiger partial charge in [-0.3, -0.25) is 4.79 Å². The first-order valence-corrected chi connectivity index (χ1v) is 20.2. The zero-order chi connectivity index (χ0) is 37.9. The van der Waals surface area contributed by atoms with Crippen LogP contribution in [0, 0.1) is 41.4 Å². The van der Waals surface area contributed by atoms with Crippen molar-refractivity contribution >= 4 is 11.8 Å². The number of rotatable bonds is 5. The summed E-state index contributed by atoms with van der Waals surface area (Å²) >= 11 is 0. The second-order valence-corrected chi connectivity index (χ2v) is 17.0. The van der Waals surface area contributed by atoms with E-state index in [9.17, 15) is 30.0 Å². The van der Waals surface area contributed by atoms with Gasteiger partial charge in [0.2, 0.25) is 0 Å². The molecule has 2 saturated heterocycles. The third kappa shape index (κ3) is 13.3. The molecule has 3 heterocycles. The number of aliphatic hydroxyl groups excluding tert-OH is 4. The maximum absolute atomic E-state index is 14.0. The smallest absolute Gasteiger partial charge is 0.330 e. The lowest BCUT2D eigenvalue weighted by Crippen LogP contribution is -2.57. The van der Waals surface area contributed by atoms with Crippen LogP contribution in [-0.2, 0) is 23.8 Å². The Morgan fingerprint density at radius 2 is 1.59 bits per heavy atom. The molecular formula is C42H72O9. The van der Waals surface area contributed by atoms with E-state index in [2.05, 4.69) is 32.9 Å². The molecule has 9 nitrogen and oxygen atoms in total. The highest BCUT2D eigenvalue weighted by atomic mass is 16.7. The topological polar surface area (TPSA) is 143 Å². The van der Waals surface area contributed by atoms with Gasteiger partial charge in [-0.1, -0.05) is 86.5 Å². The van der Waals surface area contributed by atoms with Crippen molar-refractivity contribution in [3.05, 3.63) is 24.3 Å². The number of ketones is 1. The summed E-state index contributed by atoms with van der Waals surface area (Å²) in [5, 5.41) is 43.3. The Hall–Kier alpha value is -1.62. The van der Waals surface area contributed by atoms with Crippen molar-refractivity contribution in [2.24, 2.45) is 41.4 Å². The molecule has 0 saturated carbocycles. The first kappa shape index (κ1) is 43.8. The van der Waals surface area contributed by atoms with Gasteiger partial charge in [-0.25, -0.2) is 4.79 Å². The summed E-state index contributed by atoms with van der Waals surface area (Å²) in [5.74, 6) is -2.41. The molecule has 0 aromatic carbocycles. The number of esters is 1. The van der Waals surface area contributed by atoms with Crippen LogP contribution in [0.4, 0.5) is 0 Å². The Balaban J connectivity index is 1.91. The molecule has 0 aromatic heterocycles. The number of carbonyl (C=O) groups excluding carboxylic acids is 2. The molecule has 3 aliphatic rings. The fourth-order valence-electron chi connectivity index (χ4n) is 8.04. The minimum absolute atomic E-state index is 0.0182. The molecule has 0 aliphatic carbocycles. The Labute approximate surface area is 308 Å². The summed E-state index contributed by atoms with van der Waals surface area (Å²) in [6, 6.07) is 0. The van der Waals surface area contributed by atoms with Crippen molar-refractivity contribution in [3.8, 4) is 0 Å². The fourth-order valence-corrected chi connectivity index (χ4v) is 8.04. The summed E-state index contributed by atoms with van der Waals surface area (Å²) in [4.78, 5) is 27.4. The van der Waals surface area contributed by atoms with E-state index in [4.69, 9.17) is 14.2 Å². The second-order valence-electron chi connectivity index (χ2n) is 17.0. The van der Waals surface area contributed by atoms with E-state index in [1.54, 1.807) is 19.9 Å². The third-order valence-electron chi connectivity index (χ3n) is 12.1. The van der Waals surface area contributed by atoms with Crippen molar-refractivity contribution < 1.29 is 44.2 Å². The summed E-state index contributed by atoms with van der Waals surface area (Å²) in [5.41, 5.74) is 0. The van der Waals surface area contributed by atoms with Crippen LogP contribution in [0.2, 0.25) is 0 Å². The van der Waals surface area contributed by atoms with Crippen LogP contribution in [-0.4, -0.2) is 80.7 Å². The van der Waals surface area contributed by atoms with Gasteiger partial charge in [0, 0.05) is 49.0 Å². The van der Waals surface area contributed by atoms with Crippen LogP contribution in [0.25, 0.3) is 0 Å². The highest BCUT2D eigenvalue weighted by Crippen LogP contribution is 2.45. The molecule has 3 rings (SSSR count). The van der Waals surface area contributed by atoms with Crippen molar-refractivity contribution in [1.29, 1.82) is 0 Å². The Morgan fingerprint density at radius 3 is 2.27 bits per heavy atom. The number of fused-ring (bicyclic) bond motifs is 2. The largest absolute Gasteiger partial charge is 0.459 e. The Morgan fingerprint density at radius 1 is 0.863 bits per heavy atom. The van der Waals surface area contributed by atoms with E-state index in [-0.39, 0.29) is 48.4 Å². The zero-order valence-electron chi connectivity index (χ0n) is 32.9. The number of hydrogen-bond acceptors (Lipinski definition) is 9. The van der Waals surface area contributed by atoms with Gasteiger partial charge in [-0.2, -0.15) is 0 Å². The molecule has 294 valence electrons. The zero-order valence-corrected chi connectivity index (χ0v) is 32.9. The molecule has 51 heavy (non-hydrogen) atoms. The van der Waals surface area contributed by atoms with Crippen LogP contribution >= 0.6 is 0 Å². The molecule has 9 heteroatoms. The lowest BCUT2D eigenvalue weighted by atomic mass is 9.79. The van der Waals surface area contributed by atoms with E-state index < -0.39 is 60.2 Å². The number of aliphatic hydroxyl groups is 4. The average Bonchev–Trinajstić information content (AvgIpc) is 3.08. The van der Waals surface area contributed by atoms with Crippen LogP contribution in [0.1, 0.15) is 139 Å². The van der Waals surface area contributed by atoms with Gasteiger partial charge in [0.25, 0.3) is 0 Å². The summed E-state index contributed by atoms with van der Waals surface area (Å²) < 4.78 is 19.7. The average molecular weight is 721 g/mol. The van der Waals surface area contributed by atoms with Crippen LogP contribution in [0.5, 0.6) is 0 Å². The third-order valence-corrected chi connectivity index (χ3v) is 12.1. The van der Waals surface area contributed by atoms with Gasteiger partial charge in [-0.15, -0.1) is 0 Å². The summed E-state index contributed by atoms with van der Waals surface area (Å²) in [7, 11) is 0. The van der Waals surface area contributed by atoms with Crippen molar-refractivity contribution in [1.82, 2.24) is 0 Å². The first-order chi connectivity index (χ1) is 24.1. The second kappa shape index (κ2) is 20.7. The molecule has 0 aromatic rings. The van der Waals surface area contributed by atoms with Gasteiger partial charge >= 0.3 is 5.97 Å². The molecular weight excluding hydrogens is 648 g/mol. The predicted molar refractivity (Wildman–Crippen MR) is 200 cm³/mol. The van der Waals surface area contributed by atoms with Gasteiger partial charge in [0.1, 0.15) is 11.9 Å². The van der Waals surface area contributed by atoms with Crippen molar-refractivity contribution in [2.75, 3.05) is 0 Å². The Kier molecular flexibility index (Phi) is 17.8. The molecule has 2 bridgehead atoms. The van der Waals surface area contributed by atoms with E-state index in [0.717, 1.165) is 44.9 Å². The van der Waals surface area contributed by atoms with Crippen LogP contribution < -0.4 is 0 Å². The normalized spacial score (nSPS) is 42.1. The van der Waals surface area contributed by atoms with Gasteiger partial charge in [0.15, 0.2) is 5.79 Å². The van der Waals surface area contributed by atoms with E-state index >= 15 is 0 Å². The maximum Gasteiger partial charge on any atom is 0.330 e. The minimum Gasteiger partial charge on any atom is -0.459 e. The lowest BCUT2D eigenvalue weighted by Gasteiger charge is -2.51. The molecule has 4 N–H and O–H groups in total. The number of Topliss-reactive ketones (excluding diaryl/α,β-unsaturated/α-hetero) is 1. The van der Waals surface area contributed by atoms with Crippen molar-refractivity contribution in [2.45, 2.75) is 187 Å². The molecule has 0 unspecified atom stereocenters. The molecule has 0 radical (unpaired) electrons. The fraction of sp³-hybridized carbons (Fsp3) is 0.857. The maximum atomic E-state index is 14.0. The standard InChI is InChI=1S/C42H72O9/c1-9-33(43)22-37-28(5)19-20-42(50-37)25-39-31(8)38(51-42)24-36(46)32(21-26(2)3)16-14-12-10-11-13-15-27(4)34(44)23-35(45)30(7)41(48)29(6)17-18-40(47)49-39/h14,16-18,26-35,37-39,41,43-45,48H,9-13,15,19-25H2,1-8H3/b16-14-,18-17+/t27-,28-,29-,30+,31+,32+,33+,34+,35-,37-,38+,39-,41+,42+/m0/s1. The van der Waals surface area contributed by atoms with Gasteiger partial charge in [-0.05, 0) is 69.1 Å². The first-order valence-electron chi connectivity index (χ1n) is 20.2. The molecule has 1 spiro atoms. The van der Waals surface area contributed by atoms with E-state index in [0.29, 0.717) is 31.6 Å². The van der Waals surface area contributed by atoms with Crippen molar-refractivity contribution in [3.63, 3.8) is 0 Å². The lowest BCUT2D eigenvalue weighted by molar-refractivity contribution is -0.346. The number of hydrogen-bond donors (Lipinski definition) is 4. The van der Waals surface area contributed by atoms with Crippen LogP contribution in [0.3, 0.4) is 0 Å². The molecule has 2 fully saturated rings. The Bertz CT molecular complexity index is 1120. The van der Waals surface area contributed by atoms with Gasteiger partial charge in [0.05, 0.1) is 36.6 Å². The van der Waals surface area contributed by atoms with E-state index in [1.165, 1.54) is 6.08 Å². The van der Waals surface area contributed by atoms with E-state index in [1.807, 2.05) is 20.8 Å². The van der Waals surface area contributed by atoms with Gasteiger partial charge < -0.3 is 34.6 Å². The quantitative estimate of drug-likeness (QED) is 0.173. The highest BCUT2D eigenvalue weighted by molar-refractivity contribution is 5.83. The molecule has 3 aliphatic heterocycles. The summed E-state index contributed by atoms with van der Waals surface area (Å²) in [6.45, 7) is 15.9. The SMILES string of the molecule is CC[C@@H](O)C[C@@H]1O[C@@]2(CC[C@@H]1C)C[C@@H]1OC(=O)/C=C/[C@H](C)[C@@H](O)[C@H](C)[C@@H](O)C[C@@H](O)[C@@H](C)CCCCC/C=C\[C@H](CC(C)C)C(=O)C[C@@H](O2)[C@H]1C. The highest BCUT2D eigenvalue weighted by Gasteiger charge is 2.52. The monoisotopic (exact) mass is 721 g/mol. The number of ether oxygens (including phenoxy) is 3. The minimum atomic E-state index is -1.04. The number of carbonyl (C=O) groups is 2. The number of allylic oxidation sites excluding steroid dienone is 2.